The van der Waals surface area contributed by atoms with Gasteiger partial charge in [-0.3, -0.25) is 28.9 Å². The van der Waals surface area contributed by atoms with Gasteiger partial charge in [-0.2, -0.15) is 0 Å². The van der Waals surface area contributed by atoms with E-state index in [0.717, 1.165) is 82.0 Å². The van der Waals surface area contributed by atoms with Crippen molar-refractivity contribution >= 4 is 47.6 Å². The molecule has 6 heterocycles. The van der Waals surface area contributed by atoms with Gasteiger partial charge in [-0.15, -0.1) is 0 Å². The zero-order valence-corrected chi connectivity index (χ0v) is 49.5. The molecule has 4 fully saturated rings. The Hall–Kier alpha value is -6.60. The van der Waals surface area contributed by atoms with Crippen LogP contribution in [-0.4, -0.2) is 135 Å². The number of hydrogen-bond acceptors (Lipinski definition) is 14. The Morgan fingerprint density at radius 1 is 0.659 bits per heavy atom. The molecule has 6 aliphatic heterocycles. The molecule has 5 amide bonds. The van der Waals surface area contributed by atoms with Crippen LogP contribution in [0.3, 0.4) is 0 Å². The van der Waals surface area contributed by atoms with Gasteiger partial charge in [0.1, 0.15) is 34.9 Å². The van der Waals surface area contributed by atoms with Crippen LogP contribution in [0.25, 0.3) is 0 Å². The molecule has 10 rings (SSSR count). The maximum atomic E-state index is 14.2. The van der Waals surface area contributed by atoms with Crippen molar-refractivity contribution in [2.75, 3.05) is 26.3 Å². The molecule has 85 heavy (non-hydrogen) atoms. The smallest absolute Gasteiger partial charge is 0.410 e. The first-order chi connectivity index (χ1) is 39.7. The molecule has 0 bridgehead atoms. The second-order valence-electron chi connectivity index (χ2n) is 24.6. The third-order valence-electron chi connectivity index (χ3n) is 17.1. The third kappa shape index (κ3) is 17.1. The number of esters is 3. The van der Waals surface area contributed by atoms with Gasteiger partial charge >= 0.3 is 24.0 Å². The summed E-state index contributed by atoms with van der Waals surface area (Å²) in [4.78, 5) is 111. The van der Waals surface area contributed by atoms with Gasteiger partial charge in [0.05, 0.1) is 32.3 Å². The number of fused-ring (bicyclic) bond motifs is 6. The molecule has 2 saturated carbocycles. The highest BCUT2D eigenvalue weighted by Crippen LogP contribution is 2.47. The molecule has 2 saturated heterocycles. The summed E-state index contributed by atoms with van der Waals surface area (Å²) in [5.74, 6) is -3.94. The fourth-order valence-corrected chi connectivity index (χ4v) is 12.4. The normalized spacial score (nSPS) is 29.7. The molecule has 0 radical (unpaired) electrons. The van der Waals surface area contributed by atoms with Crippen molar-refractivity contribution in [3.05, 3.63) is 95.1 Å². The number of allylic oxidation sites excluding steroid dienone is 2. The van der Waals surface area contributed by atoms with E-state index >= 15 is 0 Å². The van der Waals surface area contributed by atoms with Gasteiger partial charge in [0.15, 0.2) is 0 Å². The summed E-state index contributed by atoms with van der Waals surface area (Å²) in [6.07, 6.45) is 15.6. The van der Waals surface area contributed by atoms with Gasteiger partial charge in [-0.25, -0.2) is 14.4 Å². The van der Waals surface area contributed by atoms with Crippen LogP contribution in [0.4, 0.5) is 4.79 Å². The minimum Gasteiger partial charge on any atom is -0.464 e. The summed E-state index contributed by atoms with van der Waals surface area (Å²) in [6, 6.07) is 14.6. The number of amides is 5. The van der Waals surface area contributed by atoms with Crippen molar-refractivity contribution in [2.24, 2.45) is 23.7 Å². The van der Waals surface area contributed by atoms with Gasteiger partial charge in [-0.1, -0.05) is 120 Å². The summed E-state index contributed by atoms with van der Waals surface area (Å²) >= 11 is 0. The second-order valence-corrected chi connectivity index (χ2v) is 24.6. The first-order valence-corrected chi connectivity index (χ1v) is 30.4. The van der Waals surface area contributed by atoms with E-state index in [2.05, 4.69) is 46.3 Å². The van der Waals surface area contributed by atoms with Crippen LogP contribution in [0.5, 0.6) is 0 Å². The maximum Gasteiger partial charge on any atom is 0.410 e. The molecule has 0 unspecified atom stereocenters. The number of benzene rings is 2. The molecule has 0 aromatic heterocycles. The van der Waals surface area contributed by atoms with Crippen LogP contribution in [0.1, 0.15) is 175 Å². The number of hydrogen-bond donors (Lipinski definition) is 4. The van der Waals surface area contributed by atoms with Crippen LogP contribution >= 0.6 is 0 Å². The lowest BCUT2D eigenvalue weighted by Gasteiger charge is -2.29. The zero-order chi connectivity index (χ0) is 59.5. The summed E-state index contributed by atoms with van der Waals surface area (Å²) in [7, 11) is 0. The van der Waals surface area contributed by atoms with E-state index in [1.807, 2.05) is 49.4 Å². The van der Waals surface area contributed by atoms with E-state index in [4.69, 9.17) is 18.9 Å². The summed E-state index contributed by atoms with van der Waals surface area (Å²) in [6.45, 7) is 14.2. The molecule has 0 spiro atoms. The zero-order valence-electron chi connectivity index (χ0n) is 49.5. The van der Waals surface area contributed by atoms with Gasteiger partial charge in [0, 0.05) is 69.2 Å². The molecule has 19 nitrogen and oxygen atoms in total. The van der Waals surface area contributed by atoms with Gasteiger partial charge in [0.2, 0.25) is 23.6 Å². The average molecular weight is 1180 g/mol. The predicted molar refractivity (Wildman–Crippen MR) is 321 cm³/mol. The van der Waals surface area contributed by atoms with E-state index in [9.17, 15) is 43.5 Å². The second kappa shape index (κ2) is 30.2. The molecule has 2 aromatic carbocycles. The highest BCUT2D eigenvalue weighted by Gasteiger charge is 2.63. The number of ether oxygens (including phenoxy) is 4. The van der Waals surface area contributed by atoms with Crippen LogP contribution in [-0.2, 0) is 78.7 Å². The van der Waals surface area contributed by atoms with Gasteiger partial charge in [0.25, 0.3) is 0 Å². The fraction of sp³-hybridized carbons (Fsp3) is 0.636. The standard InChI is InChI=1S/C35H47N3O8.C21H32N2O5.C8H9N.2CH4/c1-5-44-32(42)35-19-26(35)16-10-8-6-7-9-13-23(17-29(39)46-34(2,3)4)31(41)38-22-27(18-28(38)30(40)36-35)45-33(43)37-20-24-14-11-12-15-25(24)21-37;1-3-28-20(27)21-12-15(21)10-8-6-4-5-7-9-14(2)19(26)23-13-16(24)11-17(23)18(25)22-21;1-2-4-8-6-9-5-7(8)3-1;;/h10-12,14-16,23,26-28H,5-9,13,17-22H2,1-4H3,(H,36,40);8,10,14-17,24H,3-7,9,11-13H2,1-2H3,(H,22,25);1-4,9H,5-6H2;2*1H4/b16-10-;10-8-;;;/t23-,26-,27-,28+,35-;14-,15+,16+,17-,21+;;;/m10.../s1. The molecular weight excluding hydrogens is 1080 g/mol. The molecule has 8 aliphatic rings. The summed E-state index contributed by atoms with van der Waals surface area (Å²) in [5.41, 5.74) is 2.06. The first-order valence-electron chi connectivity index (χ1n) is 30.4. The van der Waals surface area contributed by atoms with E-state index in [-0.39, 0.29) is 95.9 Å². The topological polar surface area (TPSA) is 240 Å². The molecule has 468 valence electrons. The Morgan fingerprint density at radius 3 is 1.67 bits per heavy atom. The number of nitrogens with zero attached hydrogens (tertiary/aromatic N) is 3. The first kappa shape index (κ1) is 67.5. The largest absolute Gasteiger partial charge is 0.464 e. The number of rotatable bonds is 7. The molecular formula is C66H96N6O13. The average Bonchev–Trinajstić information content (AvgIpc) is 2.39. The van der Waals surface area contributed by atoms with Crippen LogP contribution in [0.2, 0.25) is 0 Å². The van der Waals surface area contributed by atoms with Crippen molar-refractivity contribution in [2.45, 2.75) is 220 Å². The van der Waals surface area contributed by atoms with E-state index in [1.165, 1.54) is 20.9 Å². The SMILES string of the molecule is C.C.CCOC(=O)[C@@]12C[C@H]1/C=C\CCCCC[C@H](C)C(=O)N1C[C@H](O)C[C@H]1C(=O)N2.CCOC(=O)[C@@]12C[C@H]1/C=C\CCCCC[C@H](CC(=O)OC(C)(C)C)C(=O)N1C[C@H](OC(=O)N3Cc4ccccc4C3)C[C@H]1C(=O)N2.c1ccc2c(c1)CNC2. The molecule has 2 aliphatic carbocycles. The predicted octanol–water partition coefficient (Wildman–Crippen LogP) is 8.52. The van der Waals surface area contributed by atoms with Gasteiger partial charge < -0.3 is 49.8 Å². The maximum absolute atomic E-state index is 14.2. The van der Waals surface area contributed by atoms with Gasteiger partial charge in [-0.05, 0) is 108 Å². The fourth-order valence-electron chi connectivity index (χ4n) is 12.4. The van der Waals surface area contributed by atoms with Crippen molar-refractivity contribution in [1.82, 2.24) is 30.7 Å². The molecule has 4 N–H and O–H groups in total. The highest BCUT2D eigenvalue weighted by molar-refractivity contribution is 5.97. The Kier molecular flexibility index (Phi) is 24.0. The lowest BCUT2D eigenvalue weighted by molar-refractivity contribution is -0.159. The number of nitrogens with one attached hydrogen (secondary N) is 3. The lowest BCUT2D eigenvalue weighted by atomic mass is 9.95. The van der Waals surface area contributed by atoms with E-state index in [1.54, 1.807) is 39.5 Å². The van der Waals surface area contributed by atoms with Crippen LogP contribution < -0.4 is 16.0 Å². The number of aliphatic hydroxyl groups is 1. The van der Waals surface area contributed by atoms with Crippen LogP contribution in [0.15, 0.2) is 72.8 Å². The lowest BCUT2D eigenvalue weighted by Crippen LogP contribution is -2.54. The molecule has 10 atom stereocenters. The van der Waals surface area contributed by atoms with Crippen LogP contribution in [0, 0.1) is 23.7 Å². The third-order valence-corrected chi connectivity index (χ3v) is 17.1. The van der Waals surface area contributed by atoms with E-state index in [0.29, 0.717) is 32.4 Å². The summed E-state index contributed by atoms with van der Waals surface area (Å²) < 4.78 is 22.1. The number of carbonyl (C=O) groups is 8. The van der Waals surface area contributed by atoms with Crippen molar-refractivity contribution < 1.29 is 62.4 Å². The number of aliphatic hydroxyl groups excluding tert-OH is 1. The monoisotopic (exact) mass is 1180 g/mol. The Labute approximate surface area is 503 Å². The Bertz CT molecular complexity index is 2690. The Balaban J connectivity index is 0.000000249. The highest BCUT2D eigenvalue weighted by atomic mass is 16.6. The number of carbonyl (C=O) groups excluding carboxylic acids is 8. The van der Waals surface area contributed by atoms with Crippen molar-refractivity contribution in [3.63, 3.8) is 0 Å². The molecule has 2 aromatic rings. The molecule has 19 heteroatoms. The van der Waals surface area contributed by atoms with E-state index < -0.39 is 76.8 Å². The minimum absolute atomic E-state index is 0. The quantitative estimate of drug-likeness (QED) is 0.116. The van der Waals surface area contributed by atoms with Crippen molar-refractivity contribution in [1.29, 1.82) is 0 Å². The Morgan fingerprint density at radius 2 is 1.15 bits per heavy atom. The van der Waals surface area contributed by atoms with Crippen molar-refractivity contribution in [3.8, 4) is 0 Å². The minimum atomic E-state index is -1.20. The summed E-state index contributed by atoms with van der Waals surface area (Å²) in [5, 5.41) is 19.2.